The molecule has 4 nitrogen and oxygen atoms in total. The number of rotatable bonds is 3. The average molecular weight is 212 g/mol. The van der Waals surface area contributed by atoms with E-state index >= 15 is 0 Å². The molecule has 0 bridgehead atoms. The van der Waals surface area contributed by atoms with Crippen LogP contribution in [0.2, 0.25) is 0 Å². The Morgan fingerprint density at radius 2 is 2.38 bits per heavy atom. The van der Waals surface area contributed by atoms with Gasteiger partial charge in [-0.05, 0) is 31.0 Å². The standard InChI is InChI=1S/C12H12N4/c13-6-8-1-4-10-11(5-8)16-12(15-10)7-14-9-2-3-9/h1,4-5,9,14H,2-3,7H2,(H,15,16). The molecule has 1 aliphatic carbocycles. The van der Waals surface area contributed by atoms with Crippen molar-refractivity contribution in [2.75, 3.05) is 0 Å². The summed E-state index contributed by atoms with van der Waals surface area (Å²) in [7, 11) is 0. The van der Waals surface area contributed by atoms with Crippen molar-refractivity contribution in [1.82, 2.24) is 15.3 Å². The highest BCUT2D eigenvalue weighted by Gasteiger charge is 2.20. The number of benzene rings is 1. The molecule has 16 heavy (non-hydrogen) atoms. The Balaban J connectivity index is 1.86. The van der Waals surface area contributed by atoms with Gasteiger partial charge in [0.15, 0.2) is 0 Å². The summed E-state index contributed by atoms with van der Waals surface area (Å²) in [5.41, 5.74) is 2.52. The van der Waals surface area contributed by atoms with Crippen LogP contribution in [0, 0.1) is 11.3 Å². The van der Waals surface area contributed by atoms with Crippen LogP contribution in [0.25, 0.3) is 11.0 Å². The Morgan fingerprint density at radius 1 is 1.50 bits per heavy atom. The van der Waals surface area contributed by atoms with Crippen LogP contribution in [-0.2, 0) is 6.54 Å². The number of aromatic amines is 1. The van der Waals surface area contributed by atoms with Gasteiger partial charge in [-0.1, -0.05) is 0 Å². The molecule has 80 valence electrons. The number of nitriles is 1. The lowest BCUT2D eigenvalue weighted by atomic mass is 10.2. The maximum atomic E-state index is 8.79. The molecule has 0 saturated heterocycles. The fourth-order valence-electron chi connectivity index (χ4n) is 1.74. The summed E-state index contributed by atoms with van der Waals surface area (Å²) in [6, 6.07) is 8.32. The summed E-state index contributed by atoms with van der Waals surface area (Å²) in [5, 5.41) is 12.2. The average Bonchev–Trinajstić information content (AvgIpc) is 3.04. The molecule has 0 radical (unpaired) electrons. The number of hydrogen-bond acceptors (Lipinski definition) is 3. The van der Waals surface area contributed by atoms with E-state index in [1.54, 1.807) is 6.07 Å². The van der Waals surface area contributed by atoms with Gasteiger partial charge in [-0.2, -0.15) is 5.26 Å². The molecule has 1 heterocycles. The number of nitrogens with one attached hydrogen (secondary N) is 2. The Hall–Kier alpha value is -1.86. The van der Waals surface area contributed by atoms with Crippen molar-refractivity contribution in [2.24, 2.45) is 0 Å². The second-order valence-corrected chi connectivity index (χ2v) is 4.18. The number of nitrogens with zero attached hydrogens (tertiary/aromatic N) is 2. The van der Waals surface area contributed by atoms with E-state index in [1.165, 1.54) is 12.8 Å². The van der Waals surface area contributed by atoms with Gasteiger partial charge in [0.1, 0.15) is 5.82 Å². The van der Waals surface area contributed by atoms with Crippen molar-refractivity contribution < 1.29 is 0 Å². The van der Waals surface area contributed by atoms with E-state index < -0.39 is 0 Å². The second kappa shape index (κ2) is 3.62. The van der Waals surface area contributed by atoms with Crippen LogP contribution >= 0.6 is 0 Å². The number of fused-ring (bicyclic) bond motifs is 1. The van der Waals surface area contributed by atoms with Crippen LogP contribution in [-0.4, -0.2) is 16.0 Å². The summed E-state index contributed by atoms with van der Waals surface area (Å²) in [5.74, 6) is 0.942. The van der Waals surface area contributed by atoms with Crippen molar-refractivity contribution in [2.45, 2.75) is 25.4 Å². The summed E-state index contributed by atoms with van der Waals surface area (Å²) in [4.78, 5) is 7.69. The minimum atomic E-state index is 0.665. The van der Waals surface area contributed by atoms with Crippen LogP contribution in [0.5, 0.6) is 0 Å². The van der Waals surface area contributed by atoms with E-state index in [-0.39, 0.29) is 0 Å². The monoisotopic (exact) mass is 212 g/mol. The summed E-state index contributed by atoms with van der Waals surface area (Å²) in [6.07, 6.45) is 2.55. The molecule has 2 aromatic rings. The molecular weight excluding hydrogens is 200 g/mol. The highest BCUT2D eigenvalue weighted by molar-refractivity contribution is 5.76. The van der Waals surface area contributed by atoms with Crippen molar-refractivity contribution >= 4 is 11.0 Å². The van der Waals surface area contributed by atoms with E-state index in [0.29, 0.717) is 11.6 Å². The first-order chi connectivity index (χ1) is 7.85. The summed E-state index contributed by atoms with van der Waals surface area (Å²) >= 11 is 0. The highest BCUT2D eigenvalue weighted by atomic mass is 15.0. The third-order valence-corrected chi connectivity index (χ3v) is 2.80. The number of hydrogen-bond donors (Lipinski definition) is 2. The van der Waals surface area contributed by atoms with Gasteiger partial charge in [0.25, 0.3) is 0 Å². The predicted molar refractivity (Wildman–Crippen MR) is 60.7 cm³/mol. The molecule has 1 fully saturated rings. The molecule has 0 unspecified atom stereocenters. The molecule has 3 rings (SSSR count). The van der Waals surface area contributed by atoms with Crippen LogP contribution in [0.1, 0.15) is 24.2 Å². The molecule has 0 spiro atoms. The Bertz CT molecular complexity index is 560. The van der Waals surface area contributed by atoms with Crippen LogP contribution in [0.3, 0.4) is 0 Å². The number of aromatic nitrogens is 2. The first-order valence-electron chi connectivity index (χ1n) is 5.47. The van der Waals surface area contributed by atoms with E-state index in [1.807, 2.05) is 12.1 Å². The normalized spacial score (nSPS) is 15.2. The molecule has 1 aromatic heterocycles. The van der Waals surface area contributed by atoms with E-state index in [4.69, 9.17) is 5.26 Å². The van der Waals surface area contributed by atoms with Gasteiger partial charge in [-0.15, -0.1) is 0 Å². The summed E-state index contributed by atoms with van der Waals surface area (Å²) < 4.78 is 0. The lowest BCUT2D eigenvalue weighted by Gasteiger charge is -1.96. The van der Waals surface area contributed by atoms with Crippen molar-refractivity contribution in [3.8, 4) is 6.07 Å². The molecule has 0 aliphatic heterocycles. The van der Waals surface area contributed by atoms with Gasteiger partial charge >= 0.3 is 0 Å². The zero-order valence-electron chi connectivity index (χ0n) is 8.83. The van der Waals surface area contributed by atoms with E-state index in [9.17, 15) is 0 Å². The predicted octanol–water partition coefficient (Wildman–Crippen LogP) is 1.69. The topological polar surface area (TPSA) is 64.5 Å². The third-order valence-electron chi connectivity index (χ3n) is 2.80. The van der Waals surface area contributed by atoms with Gasteiger partial charge in [0.2, 0.25) is 0 Å². The van der Waals surface area contributed by atoms with Gasteiger partial charge in [-0.3, -0.25) is 0 Å². The largest absolute Gasteiger partial charge is 0.341 e. The Morgan fingerprint density at radius 3 is 3.12 bits per heavy atom. The minimum absolute atomic E-state index is 0.665. The third kappa shape index (κ3) is 1.77. The maximum Gasteiger partial charge on any atom is 0.121 e. The molecule has 4 heteroatoms. The van der Waals surface area contributed by atoms with Crippen LogP contribution in [0.15, 0.2) is 18.2 Å². The SMILES string of the molecule is N#Cc1ccc2nc(CNC3CC3)[nH]c2c1. The van der Waals surface area contributed by atoms with Gasteiger partial charge in [0.05, 0.1) is 29.2 Å². The van der Waals surface area contributed by atoms with Crippen molar-refractivity contribution in [3.63, 3.8) is 0 Å². The number of imidazole rings is 1. The Labute approximate surface area is 93.3 Å². The number of H-pyrrole nitrogens is 1. The van der Waals surface area contributed by atoms with Crippen molar-refractivity contribution in [3.05, 3.63) is 29.6 Å². The van der Waals surface area contributed by atoms with Gasteiger partial charge < -0.3 is 10.3 Å². The van der Waals surface area contributed by atoms with Gasteiger partial charge in [-0.25, -0.2) is 4.98 Å². The zero-order valence-corrected chi connectivity index (χ0v) is 8.83. The molecule has 0 atom stereocenters. The smallest absolute Gasteiger partial charge is 0.121 e. The molecule has 2 N–H and O–H groups in total. The summed E-state index contributed by atoms with van der Waals surface area (Å²) in [6.45, 7) is 0.779. The quantitative estimate of drug-likeness (QED) is 0.813. The minimum Gasteiger partial charge on any atom is -0.341 e. The van der Waals surface area contributed by atoms with Crippen LogP contribution in [0.4, 0.5) is 0 Å². The lowest BCUT2D eigenvalue weighted by molar-refractivity contribution is 0.665. The molecular formula is C12H12N4. The van der Waals surface area contributed by atoms with Crippen LogP contribution < -0.4 is 5.32 Å². The maximum absolute atomic E-state index is 8.79. The van der Waals surface area contributed by atoms with E-state index in [0.717, 1.165) is 23.4 Å². The highest BCUT2D eigenvalue weighted by Crippen LogP contribution is 2.19. The zero-order chi connectivity index (χ0) is 11.0. The first kappa shape index (κ1) is 9.37. The first-order valence-corrected chi connectivity index (χ1v) is 5.47. The van der Waals surface area contributed by atoms with Gasteiger partial charge in [0, 0.05) is 6.04 Å². The van der Waals surface area contributed by atoms with Crippen molar-refractivity contribution in [1.29, 1.82) is 5.26 Å². The molecule has 1 saturated carbocycles. The lowest BCUT2D eigenvalue weighted by Crippen LogP contribution is -2.16. The molecule has 0 amide bonds. The Kier molecular flexibility index (Phi) is 2.12. The fourth-order valence-corrected chi connectivity index (χ4v) is 1.74. The second-order valence-electron chi connectivity index (χ2n) is 4.18. The molecule has 1 aliphatic rings. The van der Waals surface area contributed by atoms with E-state index in [2.05, 4.69) is 21.4 Å². The molecule has 1 aromatic carbocycles. The fraction of sp³-hybridized carbons (Fsp3) is 0.333.